The van der Waals surface area contributed by atoms with E-state index in [0.717, 1.165) is 40.6 Å². The molecular formula is C49H62BrFN10O7S2. The fourth-order valence-electron chi connectivity index (χ4n) is 10.2. The lowest BCUT2D eigenvalue weighted by Crippen LogP contribution is -2.58. The maximum Gasteiger partial charge on any atom is 0.253 e. The van der Waals surface area contributed by atoms with Crippen molar-refractivity contribution in [3.05, 3.63) is 81.3 Å². The zero-order valence-corrected chi connectivity index (χ0v) is 43.2. The number of aromatic nitrogens is 3. The Labute approximate surface area is 420 Å². The third-order valence-electron chi connectivity index (χ3n) is 14.5. The number of likely N-dealkylation sites (tertiary alicyclic amines) is 1. The smallest absolute Gasteiger partial charge is 0.253 e. The Morgan fingerprint density at radius 2 is 1.74 bits per heavy atom. The third kappa shape index (κ3) is 11.0. The first kappa shape index (κ1) is 51.3. The highest BCUT2D eigenvalue weighted by Gasteiger charge is 2.55. The van der Waals surface area contributed by atoms with Crippen molar-refractivity contribution in [2.24, 2.45) is 22.5 Å². The molecule has 1 spiro atoms. The molecule has 17 nitrogen and oxygen atoms in total. The Kier molecular flexibility index (Phi) is 15.1. The number of thiazole rings is 1. The molecule has 7 atom stereocenters. The Morgan fingerprint density at radius 3 is 2.41 bits per heavy atom. The monoisotopic (exact) mass is 1060 g/mol. The zero-order chi connectivity index (χ0) is 50.3. The lowest BCUT2D eigenvalue weighted by Gasteiger charge is -2.40. The molecule has 7 N–H and O–H groups in total. The maximum absolute atomic E-state index is 14.5. The van der Waals surface area contributed by atoms with Crippen LogP contribution in [-0.2, 0) is 24.4 Å². The van der Waals surface area contributed by atoms with Crippen molar-refractivity contribution in [1.82, 2.24) is 34.8 Å². The van der Waals surface area contributed by atoms with Crippen LogP contribution in [0.3, 0.4) is 0 Å². The summed E-state index contributed by atoms with van der Waals surface area (Å²) >= 11 is 4.98. The molecule has 2 aliphatic carbocycles. The molecule has 70 heavy (non-hydrogen) atoms. The van der Waals surface area contributed by atoms with Gasteiger partial charge in [0, 0.05) is 49.6 Å². The number of rotatable bonds is 14. The minimum atomic E-state index is -3.74. The number of hydrogen-bond acceptors (Lipinski definition) is 13. The third-order valence-corrected chi connectivity index (χ3v) is 18.4. The number of aryl methyl sites for hydroxylation is 1. The summed E-state index contributed by atoms with van der Waals surface area (Å²) in [5.74, 6) is -2.84. The first-order chi connectivity index (χ1) is 33.1. The van der Waals surface area contributed by atoms with E-state index in [1.165, 1.54) is 23.2 Å². The van der Waals surface area contributed by atoms with Crippen molar-refractivity contribution in [3.8, 4) is 10.4 Å². The van der Waals surface area contributed by atoms with Crippen LogP contribution in [0.25, 0.3) is 10.4 Å². The number of piperidine rings is 1. The number of aliphatic hydroxyl groups excluding tert-OH is 1. The second-order valence-electron chi connectivity index (χ2n) is 20.4. The standard InChI is InChI=1S/C49H62BrFN10O7S2/c1-27(29-12-14-30(15-13-29)40-28(2)54-26-69-40)55-45(65)37-22-32(62)24-61(37)46(66)41(48(3,4)5)58-44(64)31-8-6-9-33(17-16-31)70(67,68)60-21-18-38(49(25-60)19-20-49)57-47-53-23-34(50)43(59-47)56-36-11-7-10-35(51)39(36)42(52)63/h7,10-15,23,26-27,31-33,37-38,41,62H,6,8-9,16-22,24-25H2,1-5H3,(H2,52,63)(H,55,65)(H,58,64)(H2,53,56,57,59)/t27-,31?,32+,33?,37?,38?,41+/m0/s1. The summed E-state index contributed by atoms with van der Waals surface area (Å²) in [5.41, 5.74) is 8.88. The van der Waals surface area contributed by atoms with Crippen LogP contribution in [-0.4, -0.2) is 110 Å². The number of hydrogen-bond donors (Lipinski definition) is 6. The molecule has 4 unspecified atom stereocenters. The summed E-state index contributed by atoms with van der Waals surface area (Å²) in [6, 6.07) is 9.55. The molecule has 2 aliphatic heterocycles. The highest BCUT2D eigenvalue weighted by Crippen LogP contribution is 2.54. The number of nitrogens with one attached hydrogen (secondary N) is 4. The SMILES string of the molecule is Cc1ncsc1-c1ccc([C@H](C)NC(=O)C2C[C@@H](O)CN2C(=O)[C@@H](NC(=O)C2CCCC(S(=O)(=O)N3CCC(Nc4ncc(Br)c(Nc5cccc(F)c5C(N)=O)n4)C4(CC4)C3)CC2)C(C)(C)C)cc1. The van der Waals surface area contributed by atoms with Crippen molar-refractivity contribution in [2.75, 3.05) is 30.3 Å². The quantitative estimate of drug-likeness (QED) is 0.0736. The van der Waals surface area contributed by atoms with Crippen molar-refractivity contribution in [3.63, 3.8) is 0 Å². The molecule has 2 aromatic carbocycles. The molecule has 2 aromatic heterocycles. The second kappa shape index (κ2) is 20.6. The lowest BCUT2D eigenvalue weighted by atomic mass is 9.84. The molecule has 4 fully saturated rings. The van der Waals surface area contributed by atoms with Gasteiger partial charge in [-0.3, -0.25) is 19.2 Å². The van der Waals surface area contributed by atoms with E-state index in [1.54, 1.807) is 21.2 Å². The van der Waals surface area contributed by atoms with Gasteiger partial charge in [-0.2, -0.15) is 4.98 Å². The molecule has 2 saturated carbocycles. The van der Waals surface area contributed by atoms with Gasteiger partial charge in [-0.25, -0.2) is 27.1 Å². The first-order valence-corrected chi connectivity index (χ1v) is 27.1. The Bertz CT molecular complexity index is 2730. The van der Waals surface area contributed by atoms with Gasteiger partial charge in [0.1, 0.15) is 23.7 Å². The van der Waals surface area contributed by atoms with Gasteiger partial charge in [0.2, 0.25) is 33.7 Å². The van der Waals surface area contributed by atoms with E-state index in [2.05, 4.69) is 52.1 Å². The number of anilines is 3. The normalized spacial score (nSPS) is 23.5. The number of primary amides is 1. The van der Waals surface area contributed by atoms with E-state index in [4.69, 9.17) is 5.73 Å². The van der Waals surface area contributed by atoms with Crippen molar-refractivity contribution in [1.29, 1.82) is 0 Å². The molecule has 2 saturated heterocycles. The molecular weight excluding hydrogens is 1000 g/mol. The summed E-state index contributed by atoms with van der Waals surface area (Å²) in [4.78, 5) is 70.2. The summed E-state index contributed by atoms with van der Waals surface area (Å²) < 4.78 is 45.3. The van der Waals surface area contributed by atoms with Crippen molar-refractivity contribution >= 4 is 78.4 Å². The number of nitrogens with zero attached hydrogens (tertiary/aromatic N) is 5. The molecule has 8 rings (SSSR count). The van der Waals surface area contributed by atoms with Crippen LogP contribution in [0.5, 0.6) is 0 Å². The van der Waals surface area contributed by atoms with E-state index in [0.29, 0.717) is 43.1 Å². The van der Waals surface area contributed by atoms with Crippen LogP contribution >= 0.6 is 27.3 Å². The molecule has 4 amide bonds. The molecule has 0 radical (unpaired) electrons. The van der Waals surface area contributed by atoms with E-state index in [-0.39, 0.29) is 72.4 Å². The zero-order valence-electron chi connectivity index (χ0n) is 40.0. The number of aliphatic hydroxyl groups is 1. The minimum absolute atomic E-state index is 0.0525. The summed E-state index contributed by atoms with van der Waals surface area (Å²) in [5, 5.41) is 22.6. The largest absolute Gasteiger partial charge is 0.391 e. The van der Waals surface area contributed by atoms with Gasteiger partial charge >= 0.3 is 0 Å². The number of sulfonamides is 1. The Balaban J connectivity index is 0.864. The van der Waals surface area contributed by atoms with Crippen LogP contribution in [0.15, 0.2) is 58.6 Å². The molecule has 376 valence electrons. The number of carbonyl (C=O) groups is 4. The summed E-state index contributed by atoms with van der Waals surface area (Å²) in [6.45, 7) is 9.92. The van der Waals surface area contributed by atoms with E-state index < -0.39 is 68.3 Å². The number of carbonyl (C=O) groups excluding carboxylic acids is 4. The fraction of sp³-hybridized carbons (Fsp3) is 0.531. The number of halogens is 2. The predicted octanol–water partition coefficient (Wildman–Crippen LogP) is 6.57. The molecule has 0 bridgehead atoms. The topological polar surface area (TPSA) is 242 Å². The van der Waals surface area contributed by atoms with Gasteiger partial charge in [0.25, 0.3) is 5.91 Å². The van der Waals surface area contributed by atoms with Crippen molar-refractivity contribution < 1.29 is 37.1 Å². The molecule has 4 aromatic rings. The van der Waals surface area contributed by atoms with E-state index in [1.807, 2.05) is 58.9 Å². The highest BCUT2D eigenvalue weighted by atomic mass is 79.9. The summed E-state index contributed by atoms with van der Waals surface area (Å²) in [6.07, 6.45) is 4.80. The van der Waals surface area contributed by atoms with Crippen LogP contribution in [0.1, 0.15) is 113 Å². The number of β-amino-alcohol motifs (C(OH)–C–C–N with tert-alkyl or cyclic N) is 1. The van der Waals surface area contributed by atoms with E-state index >= 15 is 0 Å². The molecule has 4 aliphatic rings. The molecule has 4 heterocycles. The van der Waals surface area contributed by atoms with Gasteiger partial charge in [0.05, 0.1) is 49.2 Å². The van der Waals surface area contributed by atoms with Crippen LogP contribution in [0.2, 0.25) is 0 Å². The van der Waals surface area contributed by atoms with Gasteiger partial charge in [-0.1, -0.05) is 57.5 Å². The second-order valence-corrected chi connectivity index (χ2v) is 24.3. The predicted molar refractivity (Wildman–Crippen MR) is 269 cm³/mol. The summed E-state index contributed by atoms with van der Waals surface area (Å²) in [7, 11) is -3.74. The van der Waals surface area contributed by atoms with Crippen LogP contribution in [0, 0.1) is 29.5 Å². The van der Waals surface area contributed by atoms with Gasteiger partial charge in [-0.05, 0) is 103 Å². The average Bonchev–Trinajstić information content (AvgIpc) is 3.87. The highest BCUT2D eigenvalue weighted by molar-refractivity contribution is 9.10. The van der Waals surface area contributed by atoms with Gasteiger partial charge in [-0.15, -0.1) is 11.3 Å². The van der Waals surface area contributed by atoms with Gasteiger partial charge in [0.15, 0.2) is 0 Å². The van der Waals surface area contributed by atoms with E-state index in [9.17, 15) is 37.1 Å². The lowest BCUT2D eigenvalue weighted by molar-refractivity contribution is -0.144. The average molecular weight is 1070 g/mol. The van der Waals surface area contributed by atoms with Gasteiger partial charge < -0.3 is 37.0 Å². The first-order valence-electron chi connectivity index (χ1n) is 23.9. The Hall–Kier alpha value is -5.09. The van der Waals surface area contributed by atoms with Crippen LogP contribution in [0.4, 0.5) is 21.8 Å². The minimum Gasteiger partial charge on any atom is -0.391 e. The number of benzene rings is 2. The van der Waals surface area contributed by atoms with Crippen molar-refractivity contribution in [2.45, 2.75) is 128 Å². The van der Waals surface area contributed by atoms with Crippen LogP contribution < -0.4 is 27.0 Å². The Morgan fingerprint density at radius 1 is 1.00 bits per heavy atom. The number of nitrogens with two attached hydrogens (primary N) is 1. The maximum atomic E-state index is 14.5. The number of amides is 4. The fourth-order valence-corrected chi connectivity index (χ4v) is 13.4. The molecule has 21 heteroatoms.